The Morgan fingerprint density at radius 2 is 2.12 bits per heavy atom. The molecule has 3 nitrogen and oxygen atoms in total. The van der Waals surface area contributed by atoms with Crippen LogP contribution in [0.1, 0.15) is 46.0 Å². The molecular weight excluding hydrogens is 200 g/mol. The van der Waals surface area contributed by atoms with Crippen LogP contribution in [-0.2, 0) is 0 Å². The second-order valence-corrected chi connectivity index (χ2v) is 5.35. The number of nitrogens with zero attached hydrogens (tertiary/aromatic N) is 1. The van der Waals surface area contributed by atoms with Gasteiger partial charge in [0.15, 0.2) is 0 Å². The normalized spacial score (nSPS) is 25.7. The Balaban J connectivity index is 2.19. The van der Waals surface area contributed by atoms with Crippen molar-refractivity contribution in [3.8, 4) is 0 Å². The molecule has 0 radical (unpaired) electrons. The molecule has 2 N–H and O–H groups in total. The van der Waals surface area contributed by atoms with Crippen molar-refractivity contribution < 1.29 is 5.11 Å². The number of aliphatic hydroxyl groups is 1. The highest BCUT2D eigenvalue weighted by Gasteiger charge is 2.18. The Morgan fingerprint density at radius 1 is 1.38 bits per heavy atom. The molecule has 0 aromatic carbocycles. The Bertz CT molecular complexity index is 179. The quantitative estimate of drug-likeness (QED) is 0.725. The summed E-state index contributed by atoms with van der Waals surface area (Å²) in [5.74, 6) is 0. The standard InChI is InChI=1S/C13H28N2O/c1-11(15(3)9-7-12(2)16)10-13-6-4-5-8-14-13/h11-14,16H,4-10H2,1-3H3. The Labute approximate surface area is 100 Å². The van der Waals surface area contributed by atoms with Gasteiger partial charge in [-0.05, 0) is 53.1 Å². The highest BCUT2D eigenvalue weighted by atomic mass is 16.3. The van der Waals surface area contributed by atoms with Crippen molar-refractivity contribution in [1.29, 1.82) is 0 Å². The summed E-state index contributed by atoms with van der Waals surface area (Å²) in [7, 11) is 2.16. The Hall–Kier alpha value is -0.120. The van der Waals surface area contributed by atoms with Crippen LogP contribution in [0.4, 0.5) is 0 Å². The lowest BCUT2D eigenvalue weighted by molar-refractivity contribution is 0.145. The van der Waals surface area contributed by atoms with Crippen LogP contribution in [0.2, 0.25) is 0 Å². The predicted octanol–water partition coefficient (Wildman–Crippen LogP) is 1.61. The molecule has 1 rings (SSSR count). The van der Waals surface area contributed by atoms with Gasteiger partial charge in [0.05, 0.1) is 6.10 Å². The summed E-state index contributed by atoms with van der Waals surface area (Å²) in [6, 6.07) is 1.31. The van der Waals surface area contributed by atoms with Crippen molar-refractivity contribution in [2.75, 3.05) is 20.1 Å². The lowest BCUT2D eigenvalue weighted by atomic mass is 9.98. The van der Waals surface area contributed by atoms with Gasteiger partial charge in [-0.25, -0.2) is 0 Å². The van der Waals surface area contributed by atoms with Gasteiger partial charge in [0.2, 0.25) is 0 Å². The van der Waals surface area contributed by atoms with Crippen LogP contribution < -0.4 is 5.32 Å². The molecule has 0 saturated carbocycles. The molecule has 0 aromatic rings. The van der Waals surface area contributed by atoms with Crippen LogP contribution in [0, 0.1) is 0 Å². The molecule has 96 valence electrons. The maximum Gasteiger partial charge on any atom is 0.0524 e. The average molecular weight is 228 g/mol. The summed E-state index contributed by atoms with van der Waals surface area (Å²) in [4.78, 5) is 2.36. The second kappa shape index (κ2) is 7.25. The predicted molar refractivity (Wildman–Crippen MR) is 68.6 cm³/mol. The minimum Gasteiger partial charge on any atom is -0.393 e. The minimum absolute atomic E-state index is 0.178. The molecule has 0 aliphatic carbocycles. The summed E-state index contributed by atoms with van der Waals surface area (Å²) < 4.78 is 0. The van der Waals surface area contributed by atoms with Crippen molar-refractivity contribution in [3.63, 3.8) is 0 Å². The zero-order chi connectivity index (χ0) is 12.0. The fraction of sp³-hybridized carbons (Fsp3) is 1.00. The van der Waals surface area contributed by atoms with Gasteiger partial charge in [0, 0.05) is 18.6 Å². The van der Waals surface area contributed by atoms with Crippen LogP contribution in [0.3, 0.4) is 0 Å². The molecule has 0 aromatic heterocycles. The van der Waals surface area contributed by atoms with E-state index in [4.69, 9.17) is 0 Å². The van der Waals surface area contributed by atoms with Crippen LogP contribution in [0.15, 0.2) is 0 Å². The maximum absolute atomic E-state index is 9.27. The first kappa shape index (κ1) is 13.9. The lowest BCUT2D eigenvalue weighted by Crippen LogP contribution is -2.41. The number of hydrogen-bond donors (Lipinski definition) is 2. The van der Waals surface area contributed by atoms with E-state index in [0.29, 0.717) is 12.1 Å². The molecule has 1 fully saturated rings. The molecule has 3 heteroatoms. The van der Waals surface area contributed by atoms with Crippen molar-refractivity contribution in [2.45, 2.75) is 64.1 Å². The van der Waals surface area contributed by atoms with E-state index in [2.05, 4.69) is 24.2 Å². The smallest absolute Gasteiger partial charge is 0.0524 e. The van der Waals surface area contributed by atoms with E-state index in [9.17, 15) is 5.11 Å². The topological polar surface area (TPSA) is 35.5 Å². The van der Waals surface area contributed by atoms with Gasteiger partial charge in [0.25, 0.3) is 0 Å². The van der Waals surface area contributed by atoms with E-state index in [0.717, 1.165) is 13.0 Å². The van der Waals surface area contributed by atoms with Gasteiger partial charge < -0.3 is 15.3 Å². The van der Waals surface area contributed by atoms with Crippen LogP contribution in [0.5, 0.6) is 0 Å². The molecule has 1 heterocycles. The minimum atomic E-state index is -0.178. The first-order chi connectivity index (χ1) is 7.59. The summed E-state index contributed by atoms with van der Waals surface area (Å²) in [5.41, 5.74) is 0. The maximum atomic E-state index is 9.27. The Morgan fingerprint density at radius 3 is 2.69 bits per heavy atom. The lowest BCUT2D eigenvalue weighted by Gasteiger charge is -2.31. The fourth-order valence-corrected chi connectivity index (χ4v) is 2.33. The third-order valence-electron chi connectivity index (χ3n) is 3.69. The molecule has 3 unspecified atom stereocenters. The summed E-state index contributed by atoms with van der Waals surface area (Å²) in [6.07, 6.45) is 5.97. The number of hydrogen-bond acceptors (Lipinski definition) is 3. The van der Waals surface area contributed by atoms with Crippen LogP contribution in [0.25, 0.3) is 0 Å². The average Bonchev–Trinajstić information content (AvgIpc) is 2.27. The zero-order valence-corrected chi connectivity index (χ0v) is 11.1. The van der Waals surface area contributed by atoms with E-state index in [1.165, 1.54) is 32.2 Å². The van der Waals surface area contributed by atoms with E-state index in [1.807, 2.05) is 6.92 Å². The molecule has 0 bridgehead atoms. The van der Waals surface area contributed by atoms with Gasteiger partial charge in [-0.1, -0.05) is 6.42 Å². The third-order valence-corrected chi connectivity index (χ3v) is 3.69. The van der Waals surface area contributed by atoms with E-state index in [1.54, 1.807) is 0 Å². The number of nitrogens with one attached hydrogen (secondary N) is 1. The van der Waals surface area contributed by atoms with Crippen LogP contribution in [-0.4, -0.2) is 48.3 Å². The molecule has 0 amide bonds. The SMILES string of the molecule is CC(O)CCN(C)C(C)CC1CCCCN1. The van der Waals surface area contributed by atoms with Gasteiger partial charge >= 0.3 is 0 Å². The summed E-state index contributed by atoms with van der Waals surface area (Å²) >= 11 is 0. The Kier molecular flexibility index (Phi) is 6.32. The van der Waals surface area contributed by atoms with Crippen molar-refractivity contribution in [3.05, 3.63) is 0 Å². The van der Waals surface area contributed by atoms with Crippen LogP contribution >= 0.6 is 0 Å². The monoisotopic (exact) mass is 228 g/mol. The van der Waals surface area contributed by atoms with Crippen molar-refractivity contribution >= 4 is 0 Å². The third kappa shape index (κ3) is 5.28. The van der Waals surface area contributed by atoms with Crippen molar-refractivity contribution in [2.24, 2.45) is 0 Å². The van der Waals surface area contributed by atoms with Gasteiger partial charge in [0.1, 0.15) is 0 Å². The molecule has 16 heavy (non-hydrogen) atoms. The first-order valence-corrected chi connectivity index (χ1v) is 6.71. The van der Waals surface area contributed by atoms with Gasteiger partial charge in [-0.3, -0.25) is 0 Å². The molecule has 1 saturated heterocycles. The highest BCUT2D eigenvalue weighted by Crippen LogP contribution is 2.14. The van der Waals surface area contributed by atoms with E-state index >= 15 is 0 Å². The summed E-state index contributed by atoms with van der Waals surface area (Å²) in [5, 5.41) is 12.9. The molecule has 1 aliphatic rings. The highest BCUT2D eigenvalue weighted by molar-refractivity contribution is 4.77. The number of rotatable bonds is 6. The molecule has 3 atom stereocenters. The van der Waals surface area contributed by atoms with Gasteiger partial charge in [-0.15, -0.1) is 0 Å². The number of aliphatic hydroxyl groups excluding tert-OH is 1. The molecular formula is C13H28N2O. The first-order valence-electron chi connectivity index (χ1n) is 6.71. The fourth-order valence-electron chi connectivity index (χ4n) is 2.33. The van der Waals surface area contributed by atoms with E-state index in [-0.39, 0.29) is 6.10 Å². The molecule has 1 aliphatic heterocycles. The number of piperidine rings is 1. The second-order valence-electron chi connectivity index (χ2n) is 5.35. The zero-order valence-electron chi connectivity index (χ0n) is 11.1. The molecule has 0 spiro atoms. The summed E-state index contributed by atoms with van der Waals surface area (Å²) in [6.45, 7) is 6.33. The largest absolute Gasteiger partial charge is 0.393 e. The van der Waals surface area contributed by atoms with E-state index < -0.39 is 0 Å². The van der Waals surface area contributed by atoms with Gasteiger partial charge in [-0.2, -0.15) is 0 Å². The van der Waals surface area contributed by atoms with Crippen molar-refractivity contribution in [1.82, 2.24) is 10.2 Å².